The highest BCUT2D eigenvalue weighted by Gasteiger charge is 2.04. The van der Waals surface area contributed by atoms with E-state index in [0.717, 1.165) is 0 Å². The largest absolute Gasteiger partial charge is 0.472 e. The number of carbonyl (C=O) groups excluding carboxylic acids is 2. The van der Waals surface area contributed by atoms with Crippen molar-refractivity contribution < 1.29 is 23.8 Å². The molecular formula is C10H14O5. The zero-order valence-corrected chi connectivity index (χ0v) is 9.20. The second-order valence-corrected chi connectivity index (χ2v) is 2.72. The van der Waals surface area contributed by atoms with Gasteiger partial charge >= 0.3 is 11.9 Å². The molecule has 84 valence electrons. The minimum absolute atomic E-state index is 0.298. The molecule has 0 rings (SSSR count). The van der Waals surface area contributed by atoms with Gasteiger partial charge in [0.05, 0.1) is 25.4 Å². The first-order valence-corrected chi connectivity index (χ1v) is 4.18. The van der Waals surface area contributed by atoms with Crippen LogP contribution in [0.25, 0.3) is 0 Å². The van der Waals surface area contributed by atoms with Crippen LogP contribution in [0, 0.1) is 0 Å². The summed E-state index contributed by atoms with van der Waals surface area (Å²) in [6.07, 6.45) is 2.39. The molecule has 0 saturated carbocycles. The average molecular weight is 214 g/mol. The molecule has 0 amide bonds. The topological polar surface area (TPSA) is 61.8 Å². The number of methoxy groups -OCH3 is 2. The van der Waals surface area contributed by atoms with Gasteiger partial charge in [-0.1, -0.05) is 0 Å². The standard InChI is InChI=1S/C10H14O5/c1-7(9(11)13-3)5-15-6-8(2)10(12)14-4/h5-6H,1-4H3/b7-5+,8-6+. The lowest BCUT2D eigenvalue weighted by Gasteiger charge is -1.99. The van der Waals surface area contributed by atoms with Crippen molar-refractivity contribution in [1.82, 2.24) is 0 Å². The van der Waals surface area contributed by atoms with Gasteiger partial charge in [0.15, 0.2) is 0 Å². The fraction of sp³-hybridized carbons (Fsp3) is 0.400. The lowest BCUT2D eigenvalue weighted by atomic mass is 10.3. The van der Waals surface area contributed by atoms with Crippen LogP contribution in [0.4, 0.5) is 0 Å². The third-order valence-corrected chi connectivity index (χ3v) is 1.50. The predicted octanol–water partition coefficient (Wildman–Crippen LogP) is 1.16. The fourth-order valence-corrected chi connectivity index (χ4v) is 0.656. The SMILES string of the molecule is COC(=O)/C(C)=C/O/C=C(\C)C(=O)OC. The molecule has 0 unspecified atom stereocenters. The highest BCUT2D eigenvalue weighted by molar-refractivity contribution is 5.88. The Balaban J connectivity index is 4.28. The van der Waals surface area contributed by atoms with E-state index in [1.165, 1.54) is 40.6 Å². The third kappa shape index (κ3) is 4.85. The van der Waals surface area contributed by atoms with Gasteiger partial charge in [-0.2, -0.15) is 0 Å². The van der Waals surface area contributed by atoms with E-state index in [-0.39, 0.29) is 0 Å². The summed E-state index contributed by atoms with van der Waals surface area (Å²) in [4.78, 5) is 21.8. The maximum atomic E-state index is 10.9. The van der Waals surface area contributed by atoms with Crippen LogP contribution < -0.4 is 0 Å². The van der Waals surface area contributed by atoms with Gasteiger partial charge in [-0.3, -0.25) is 0 Å². The molecule has 0 radical (unpaired) electrons. The second-order valence-electron chi connectivity index (χ2n) is 2.72. The summed E-state index contributed by atoms with van der Waals surface area (Å²) in [5.41, 5.74) is 0.595. The number of rotatable bonds is 4. The lowest BCUT2D eigenvalue weighted by molar-refractivity contribution is -0.136. The van der Waals surface area contributed by atoms with E-state index in [9.17, 15) is 9.59 Å². The molecule has 0 aromatic carbocycles. The van der Waals surface area contributed by atoms with Gasteiger partial charge in [-0.05, 0) is 13.8 Å². The highest BCUT2D eigenvalue weighted by atomic mass is 16.5. The molecule has 0 aromatic heterocycles. The maximum absolute atomic E-state index is 10.9. The van der Waals surface area contributed by atoms with Crippen LogP contribution in [0.15, 0.2) is 23.7 Å². The Morgan fingerprint density at radius 3 is 1.47 bits per heavy atom. The van der Waals surface area contributed by atoms with Crippen LogP contribution in [-0.2, 0) is 23.8 Å². The zero-order chi connectivity index (χ0) is 11.8. The molecule has 5 heteroatoms. The summed E-state index contributed by atoms with van der Waals surface area (Å²) < 4.78 is 13.8. The molecule has 0 aliphatic carbocycles. The van der Waals surface area contributed by atoms with Crippen LogP contribution in [0.2, 0.25) is 0 Å². The molecule has 0 atom stereocenters. The molecular weight excluding hydrogens is 200 g/mol. The third-order valence-electron chi connectivity index (χ3n) is 1.50. The minimum atomic E-state index is -0.487. The number of carbonyl (C=O) groups is 2. The van der Waals surface area contributed by atoms with E-state index in [2.05, 4.69) is 9.47 Å². The molecule has 0 N–H and O–H groups in total. The van der Waals surface area contributed by atoms with Gasteiger partial charge in [0.2, 0.25) is 0 Å². The summed E-state index contributed by atoms with van der Waals surface area (Å²) in [5.74, 6) is -0.974. The monoisotopic (exact) mass is 214 g/mol. The number of hydrogen-bond acceptors (Lipinski definition) is 5. The Hall–Kier alpha value is -1.78. The Morgan fingerprint density at radius 1 is 0.867 bits per heavy atom. The molecule has 0 saturated heterocycles. The summed E-state index contributed by atoms with van der Waals surface area (Å²) in [6.45, 7) is 3.07. The molecule has 0 aliphatic rings. The molecule has 15 heavy (non-hydrogen) atoms. The van der Waals surface area contributed by atoms with E-state index in [0.29, 0.717) is 11.1 Å². The Morgan fingerprint density at radius 2 is 1.20 bits per heavy atom. The Labute approximate surface area is 88.3 Å². The zero-order valence-electron chi connectivity index (χ0n) is 9.20. The summed E-state index contributed by atoms with van der Waals surface area (Å²) in [7, 11) is 2.55. The quantitative estimate of drug-likeness (QED) is 0.399. The van der Waals surface area contributed by atoms with Crippen LogP contribution in [0.1, 0.15) is 13.8 Å². The molecule has 0 fully saturated rings. The first-order valence-electron chi connectivity index (χ1n) is 4.18. The molecule has 0 heterocycles. The van der Waals surface area contributed by atoms with E-state index in [1.807, 2.05) is 0 Å². The highest BCUT2D eigenvalue weighted by Crippen LogP contribution is 2.00. The van der Waals surface area contributed by atoms with Crippen molar-refractivity contribution in [3.63, 3.8) is 0 Å². The van der Waals surface area contributed by atoms with Gasteiger partial charge in [-0.25, -0.2) is 9.59 Å². The van der Waals surface area contributed by atoms with Gasteiger partial charge in [-0.15, -0.1) is 0 Å². The maximum Gasteiger partial charge on any atom is 0.336 e. The number of hydrogen-bond donors (Lipinski definition) is 0. The lowest BCUT2D eigenvalue weighted by Crippen LogP contribution is -2.03. The van der Waals surface area contributed by atoms with E-state index in [1.54, 1.807) is 0 Å². The van der Waals surface area contributed by atoms with E-state index in [4.69, 9.17) is 4.74 Å². The summed E-state index contributed by atoms with van der Waals surface area (Å²) in [5, 5.41) is 0. The van der Waals surface area contributed by atoms with Crippen molar-refractivity contribution in [2.75, 3.05) is 14.2 Å². The number of esters is 2. The van der Waals surface area contributed by atoms with Crippen LogP contribution in [0.3, 0.4) is 0 Å². The second kappa shape index (κ2) is 6.64. The Kier molecular flexibility index (Phi) is 5.85. The van der Waals surface area contributed by atoms with Crippen LogP contribution in [-0.4, -0.2) is 26.2 Å². The minimum Gasteiger partial charge on any atom is -0.472 e. The van der Waals surface area contributed by atoms with Crippen molar-refractivity contribution in [2.24, 2.45) is 0 Å². The van der Waals surface area contributed by atoms with Crippen molar-refractivity contribution in [3.8, 4) is 0 Å². The Bertz CT molecular complexity index is 271. The van der Waals surface area contributed by atoms with Gasteiger partial charge in [0, 0.05) is 0 Å². The van der Waals surface area contributed by atoms with E-state index < -0.39 is 11.9 Å². The van der Waals surface area contributed by atoms with Crippen LogP contribution >= 0.6 is 0 Å². The van der Waals surface area contributed by atoms with E-state index >= 15 is 0 Å². The number of ether oxygens (including phenoxy) is 3. The molecule has 5 nitrogen and oxygen atoms in total. The van der Waals surface area contributed by atoms with Crippen molar-refractivity contribution in [1.29, 1.82) is 0 Å². The summed E-state index contributed by atoms with van der Waals surface area (Å²) >= 11 is 0. The molecule has 0 bridgehead atoms. The molecule has 0 spiro atoms. The van der Waals surface area contributed by atoms with Gasteiger partial charge < -0.3 is 14.2 Å². The average Bonchev–Trinajstić information content (AvgIpc) is 2.26. The fourth-order valence-electron chi connectivity index (χ4n) is 0.656. The van der Waals surface area contributed by atoms with Gasteiger partial charge in [0.25, 0.3) is 0 Å². The normalized spacial score (nSPS) is 12.0. The molecule has 0 aromatic rings. The first kappa shape index (κ1) is 13.2. The van der Waals surface area contributed by atoms with Crippen molar-refractivity contribution in [3.05, 3.63) is 23.7 Å². The van der Waals surface area contributed by atoms with Gasteiger partial charge in [0.1, 0.15) is 12.5 Å². The predicted molar refractivity (Wildman–Crippen MR) is 52.6 cm³/mol. The van der Waals surface area contributed by atoms with Crippen molar-refractivity contribution >= 4 is 11.9 Å². The first-order chi connectivity index (χ1) is 7.02. The van der Waals surface area contributed by atoms with Crippen LogP contribution in [0.5, 0.6) is 0 Å². The van der Waals surface area contributed by atoms with Crippen molar-refractivity contribution in [2.45, 2.75) is 13.8 Å². The molecule has 0 aliphatic heterocycles. The smallest absolute Gasteiger partial charge is 0.336 e. The summed E-state index contributed by atoms with van der Waals surface area (Å²) in [6, 6.07) is 0.